The van der Waals surface area contributed by atoms with E-state index in [1.165, 1.54) is 11.3 Å². The zero-order valence-corrected chi connectivity index (χ0v) is 14.3. The van der Waals surface area contributed by atoms with Gasteiger partial charge in [0.1, 0.15) is 10.2 Å². The lowest BCUT2D eigenvalue weighted by Crippen LogP contribution is -2.26. The summed E-state index contributed by atoms with van der Waals surface area (Å²) in [5.41, 5.74) is 0.626. The third-order valence-electron chi connectivity index (χ3n) is 2.49. The van der Waals surface area contributed by atoms with Crippen molar-refractivity contribution >= 4 is 66.5 Å². The molecule has 3 rings (SSSR count). The summed E-state index contributed by atoms with van der Waals surface area (Å²) in [5, 5.41) is 6.48. The van der Waals surface area contributed by atoms with Gasteiger partial charge < -0.3 is 10.1 Å². The Balaban J connectivity index is 1.76. The minimum Gasteiger partial charge on any atom is -0.390 e. The van der Waals surface area contributed by atoms with Gasteiger partial charge in [-0.05, 0) is 39.0 Å². The maximum Gasteiger partial charge on any atom is 0.414 e. The molecule has 1 N–H and O–H groups in total. The topological polar surface area (TPSA) is 64.1 Å². The van der Waals surface area contributed by atoms with E-state index in [1.807, 2.05) is 22.9 Å². The third kappa shape index (κ3) is 3.34. The normalized spacial score (nSPS) is 10.8. The Morgan fingerprint density at radius 2 is 2.29 bits per heavy atom. The Bertz CT molecular complexity index is 791. The van der Waals surface area contributed by atoms with Crippen LogP contribution in [0.3, 0.4) is 0 Å². The van der Waals surface area contributed by atoms with Crippen molar-refractivity contribution in [2.75, 3.05) is 0 Å². The highest BCUT2D eigenvalue weighted by molar-refractivity contribution is 9.10. The molecule has 0 unspecified atom stereocenters. The summed E-state index contributed by atoms with van der Waals surface area (Å²) >= 11 is 12.1. The predicted molar refractivity (Wildman–Crippen MR) is 87.3 cm³/mol. The Morgan fingerprint density at radius 3 is 3.05 bits per heavy atom. The molecule has 3 heterocycles. The van der Waals surface area contributed by atoms with Crippen molar-refractivity contribution in [3.8, 4) is 5.88 Å². The van der Waals surface area contributed by atoms with Gasteiger partial charge in [-0.2, -0.15) is 4.98 Å². The molecule has 3 aromatic rings. The van der Waals surface area contributed by atoms with Crippen LogP contribution in [0.2, 0.25) is 5.28 Å². The zero-order chi connectivity index (χ0) is 14.8. The van der Waals surface area contributed by atoms with Crippen LogP contribution in [0.25, 0.3) is 10.2 Å². The van der Waals surface area contributed by atoms with Crippen LogP contribution in [0, 0.1) is 0 Å². The van der Waals surface area contributed by atoms with Crippen molar-refractivity contribution in [3.05, 3.63) is 37.5 Å². The van der Waals surface area contributed by atoms with E-state index in [-0.39, 0.29) is 11.2 Å². The summed E-state index contributed by atoms with van der Waals surface area (Å²) in [7, 11) is 0. The molecule has 9 heteroatoms. The molecule has 0 aromatic carbocycles. The average molecular weight is 405 g/mol. The van der Waals surface area contributed by atoms with E-state index >= 15 is 0 Å². The van der Waals surface area contributed by atoms with E-state index in [4.69, 9.17) is 16.3 Å². The minimum absolute atomic E-state index is 0.0302. The third-order valence-corrected chi connectivity index (χ3v) is 5.40. The predicted octanol–water partition coefficient (Wildman–Crippen LogP) is 4.46. The van der Waals surface area contributed by atoms with Crippen molar-refractivity contribution in [1.82, 2.24) is 15.3 Å². The van der Waals surface area contributed by atoms with E-state index in [0.717, 1.165) is 9.35 Å². The maximum atomic E-state index is 11.8. The number of carbonyl (C=O) groups excluding carboxylic acids is 1. The molecule has 0 radical (unpaired) electrons. The monoisotopic (exact) mass is 403 g/mol. The molecule has 0 aliphatic carbocycles. The molecule has 0 fully saturated rings. The molecule has 0 saturated heterocycles. The summed E-state index contributed by atoms with van der Waals surface area (Å²) in [6, 6.07) is 3.85. The molecular formula is C12H7BrClN3O2S2. The van der Waals surface area contributed by atoms with Gasteiger partial charge in [-0.25, -0.2) is 9.78 Å². The second-order valence-corrected chi connectivity index (χ2v) is 6.99. The number of ether oxygens (including phenoxy) is 1. The average Bonchev–Trinajstić information content (AvgIpc) is 3.07. The van der Waals surface area contributed by atoms with E-state index in [1.54, 1.807) is 11.3 Å². The van der Waals surface area contributed by atoms with Crippen LogP contribution in [0.4, 0.5) is 4.79 Å². The number of nitrogens with one attached hydrogen (secondary N) is 1. The molecule has 3 aromatic heterocycles. The lowest BCUT2D eigenvalue weighted by molar-refractivity contribution is 0.199. The van der Waals surface area contributed by atoms with Gasteiger partial charge in [0.15, 0.2) is 0 Å². The lowest BCUT2D eigenvalue weighted by atomic mass is 10.4. The number of halogens is 2. The SMILES string of the molecule is O=C(NCc1cccs1)Oc1nc(Cl)nc2c(Br)csc12. The molecule has 0 saturated carbocycles. The van der Waals surface area contributed by atoms with Crippen LogP contribution in [0.15, 0.2) is 27.4 Å². The number of amides is 1. The highest BCUT2D eigenvalue weighted by Crippen LogP contribution is 2.35. The van der Waals surface area contributed by atoms with Gasteiger partial charge in [0.25, 0.3) is 0 Å². The highest BCUT2D eigenvalue weighted by atomic mass is 79.9. The summed E-state index contributed by atoms with van der Waals surface area (Å²) in [5.74, 6) is 0.157. The standard InChI is InChI=1S/C12H7BrClN3O2S2/c13-7-5-21-9-8(7)16-11(14)17-10(9)19-12(18)15-4-6-2-1-3-20-6/h1-3,5H,4H2,(H,15,18). The Labute approximate surface area is 141 Å². The number of carbonyl (C=O) groups is 1. The first-order chi connectivity index (χ1) is 10.1. The number of nitrogens with zero attached hydrogens (tertiary/aromatic N) is 2. The van der Waals surface area contributed by atoms with Crippen LogP contribution < -0.4 is 10.1 Å². The van der Waals surface area contributed by atoms with Gasteiger partial charge in [0, 0.05) is 10.3 Å². The first-order valence-corrected chi connectivity index (χ1v) is 8.65. The fourth-order valence-corrected chi connectivity index (χ4v) is 3.90. The molecule has 5 nitrogen and oxygen atoms in total. The van der Waals surface area contributed by atoms with E-state index in [9.17, 15) is 4.79 Å². The fraction of sp³-hybridized carbons (Fsp3) is 0.0833. The quantitative estimate of drug-likeness (QED) is 0.655. The molecule has 0 bridgehead atoms. The van der Waals surface area contributed by atoms with Gasteiger partial charge in [-0.15, -0.1) is 22.7 Å². The lowest BCUT2D eigenvalue weighted by Gasteiger charge is -2.06. The summed E-state index contributed by atoms with van der Waals surface area (Å²) < 4.78 is 6.68. The summed E-state index contributed by atoms with van der Waals surface area (Å²) in [6.07, 6.45) is -0.580. The molecule has 0 atom stereocenters. The second-order valence-electron chi connectivity index (χ2n) is 3.88. The largest absolute Gasteiger partial charge is 0.414 e. The van der Waals surface area contributed by atoms with Crippen LogP contribution in [0.5, 0.6) is 5.88 Å². The first-order valence-electron chi connectivity index (χ1n) is 5.72. The van der Waals surface area contributed by atoms with E-state index in [0.29, 0.717) is 16.8 Å². The number of rotatable bonds is 3. The number of hydrogen-bond acceptors (Lipinski definition) is 6. The smallest absolute Gasteiger partial charge is 0.390 e. The van der Waals surface area contributed by atoms with Crippen molar-refractivity contribution < 1.29 is 9.53 Å². The number of hydrogen-bond donors (Lipinski definition) is 1. The van der Waals surface area contributed by atoms with E-state index in [2.05, 4.69) is 31.2 Å². The maximum absolute atomic E-state index is 11.8. The fourth-order valence-electron chi connectivity index (χ4n) is 1.60. The van der Waals surface area contributed by atoms with Crippen molar-refractivity contribution in [2.45, 2.75) is 6.54 Å². The number of fused-ring (bicyclic) bond motifs is 1. The van der Waals surface area contributed by atoms with Crippen LogP contribution in [-0.4, -0.2) is 16.1 Å². The van der Waals surface area contributed by atoms with Crippen LogP contribution in [0.1, 0.15) is 4.88 Å². The molecule has 108 valence electrons. The highest BCUT2D eigenvalue weighted by Gasteiger charge is 2.15. The number of aromatic nitrogens is 2. The molecule has 1 amide bonds. The number of thiophene rings is 2. The van der Waals surface area contributed by atoms with Gasteiger partial charge in [0.05, 0.1) is 11.0 Å². The van der Waals surface area contributed by atoms with Gasteiger partial charge >= 0.3 is 6.09 Å². The summed E-state index contributed by atoms with van der Waals surface area (Å²) in [4.78, 5) is 20.9. The van der Waals surface area contributed by atoms with Crippen molar-refractivity contribution in [1.29, 1.82) is 0 Å². The van der Waals surface area contributed by atoms with Gasteiger partial charge in [0.2, 0.25) is 11.2 Å². The molecule has 0 aliphatic heterocycles. The van der Waals surface area contributed by atoms with Gasteiger partial charge in [-0.3, -0.25) is 0 Å². The Kier molecular flexibility index (Phi) is 4.39. The van der Waals surface area contributed by atoms with Crippen molar-refractivity contribution in [3.63, 3.8) is 0 Å². The molecule has 21 heavy (non-hydrogen) atoms. The summed E-state index contributed by atoms with van der Waals surface area (Å²) in [6.45, 7) is 0.409. The van der Waals surface area contributed by atoms with Crippen LogP contribution >= 0.6 is 50.2 Å². The first kappa shape index (κ1) is 14.7. The second kappa shape index (κ2) is 6.27. The Morgan fingerprint density at radius 1 is 1.43 bits per heavy atom. The Hall–Kier alpha value is -1.22. The van der Waals surface area contributed by atoms with Crippen LogP contribution in [-0.2, 0) is 6.54 Å². The van der Waals surface area contributed by atoms with Gasteiger partial charge in [-0.1, -0.05) is 6.07 Å². The minimum atomic E-state index is -0.580. The molecule has 0 spiro atoms. The zero-order valence-electron chi connectivity index (χ0n) is 10.3. The molecule has 0 aliphatic rings. The molecular weight excluding hydrogens is 398 g/mol. The van der Waals surface area contributed by atoms with E-state index < -0.39 is 6.09 Å². The van der Waals surface area contributed by atoms with Crippen molar-refractivity contribution in [2.24, 2.45) is 0 Å².